The maximum atomic E-state index is 6.04. The lowest BCUT2D eigenvalue weighted by atomic mass is 10.2. The van der Waals surface area contributed by atoms with E-state index in [1.165, 1.54) is 0 Å². The lowest BCUT2D eigenvalue weighted by Crippen LogP contribution is -1.86. The van der Waals surface area contributed by atoms with E-state index in [1.54, 1.807) is 0 Å². The van der Waals surface area contributed by atoms with Crippen LogP contribution < -0.4 is 0 Å². The summed E-state index contributed by atoms with van der Waals surface area (Å²) in [6, 6.07) is 9.62. The first-order chi connectivity index (χ1) is 6.38. The van der Waals surface area contributed by atoms with E-state index in [4.69, 9.17) is 21.1 Å². The van der Waals surface area contributed by atoms with Gasteiger partial charge in [0, 0.05) is 5.56 Å². The van der Waals surface area contributed by atoms with Crippen LogP contribution in [0.15, 0.2) is 36.3 Å². The van der Waals surface area contributed by atoms with Crippen molar-refractivity contribution in [3.63, 3.8) is 0 Å². The molecule has 0 radical (unpaired) electrons. The highest BCUT2D eigenvalue weighted by Crippen LogP contribution is 2.26. The summed E-state index contributed by atoms with van der Waals surface area (Å²) in [5.74, 6) is 0.438. The van der Waals surface area contributed by atoms with Crippen molar-refractivity contribution in [1.82, 2.24) is 0 Å². The van der Waals surface area contributed by atoms with Gasteiger partial charge < -0.3 is 9.47 Å². The first-order valence-electron chi connectivity index (χ1n) is 4.09. The second kappa shape index (κ2) is 3.71. The van der Waals surface area contributed by atoms with E-state index < -0.39 is 0 Å². The molecule has 0 aliphatic carbocycles. The van der Waals surface area contributed by atoms with Crippen molar-refractivity contribution >= 4 is 16.6 Å². The van der Waals surface area contributed by atoms with Crippen LogP contribution in [-0.4, -0.2) is 13.2 Å². The molecule has 1 aromatic rings. The average molecular weight is 197 g/mol. The van der Waals surface area contributed by atoms with Gasteiger partial charge >= 0.3 is 0 Å². The molecule has 0 aromatic heterocycles. The molecule has 3 heteroatoms. The number of ether oxygens (including phenoxy) is 2. The third-order valence-corrected chi connectivity index (χ3v) is 2.13. The zero-order valence-electron chi connectivity index (χ0n) is 7.00. The molecule has 0 atom stereocenters. The van der Waals surface area contributed by atoms with Crippen LogP contribution in [0.4, 0.5) is 0 Å². The Morgan fingerprint density at radius 2 is 1.69 bits per heavy atom. The van der Waals surface area contributed by atoms with E-state index >= 15 is 0 Å². The Kier molecular flexibility index (Phi) is 2.41. The summed E-state index contributed by atoms with van der Waals surface area (Å²) < 4.78 is 10.4. The summed E-state index contributed by atoms with van der Waals surface area (Å²) in [6.07, 6.45) is 0. The minimum atomic E-state index is 0.438. The highest BCUT2D eigenvalue weighted by atomic mass is 35.5. The lowest BCUT2D eigenvalue weighted by Gasteiger charge is -2.02. The number of hydrogen-bond donors (Lipinski definition) is 0. The first-order valence-corrected chi connectivity index (χ1v) is 4.46. The summed E-state index contributed by atoms with van der Waals surface area (Å²) in [5, 5.41) is 0.540. The fourth-order valence-corrected chi connectivity index (χ4v) is 1.37. The van der Waals surface area contributed by atoms with Crippen LogP contribution in [0.25, 0.3) is 5.03 Å². The monoisotopic (exact) mass is 196 g/mol. The van der Waals surface area contributed by atoms with E-state index in [1.807, 2.05) is 30.3 Å². The standard InChI is InChI=1S/C10H9ClO2/c11-9(10-12-6-7-13-10)8-4-2-1-3-5-8/h1-5H,6-7H2. The van der Waals surface area contributed by atoms with Crippen LogP contribution in [0.2, 0.25) is 0 Å². The van der Waals surface area contributed by atoms with Crippen LogP contribution in [0.3, 0.4) is 0 Å². The molecular weight excluding hydrogens is 188 g/mol. The van der Waals surface area contributed by atoms with Gasteiger partial charge in [-0.15, -0.1) is 0 Å². The van der Waals surface area contributed by atoms with Gasteiger partial charge in [0.1, 0.15) is 18.2 Å². The fraction of sp³-hybridized carbons (Fsp3) is 0.200. The van der Waals surface area contributed by atoms with Crippen molar-refractivity contribution in [2.24, 2.45) is 0 Å². The van der Waals surface area contributed by atoms with Crippen LogP contribution in [0.5, 0.6) is 0 Å². The molecule has 1 saturated heterocycles. The molecule has 1 fully saturated rings. The number of benzene rings is 1. The van der Waals surface area contributed by atoms with E-state index in [2.05, 4.69) is 0 Å². The van der Waals surface area contributed by atoms with E-state index in [9.17, 15) is 0 Å². The molecule has 1 heterocycles. The molecule has 0 spiro atoms. The molecule has 2 nitrogen and oxygen atoms in total. The van der Waals surface area contributed by atoms with Crippen LogP contribution in [0, 0.1) is 0 Å². The minimum Gasteiger partial charge on any atom is -0.461 e. The number of hydrogen-bond acceptors (Lipinski definition) is 2. The normalized spacial score (nSPS) is 15.0. The van der Waals surface area contributed by atoms with Gasteiger partial charge in [0.15, 0.2) is 0 Å². The predicted molar refractivity (Wildman–Crippen MR) is 51.1 cm³/mol. The zero-order valence-corrected chi connectivity index (χ0v) is 7.75. The first kappa shape index (κ1) is 8.45. The average Bonchev–Trinajstić information content (AvgIpc) is 2.71. The topological polar surface area (TPSA) is 18.5 Å². The summed E-state index contributed by atoms with van der Waals surface area (Å²) in [7, 11) is 0. The van der Waals surface area contributed by atoms with Crippen LogP contribution in [0.1, 0.15) is 5.56 Å². The number of halogens is 1. The summed E-state index contributed by atoms with van der Waals surface area (Å²) in [5.41, 5.74) is 0.918. The maximum absolute atomic E-state index is 6.04. The lowest BCUT2D eigenvalue weighted by molar-refractivity contribution is 0.180. The van der Waals surface area contributed by atoms with Gasteiger partial charge in [0.2, 0.25) is 0 Å². The smallest absolute Gasteiger partial charge is 0.299 e. The minimum absolute atomic E-state index is 0.438. The Labute approximate surface area is 81.7 Å². The van der Waals surface area contributed by atoms with Crippen LogP contribution >= 0.6 is 11.6 Å². The predicted octanol–water partition coefficient (Wildman–Crippen LogP) is 2.60. The van der Waals surface area contributed by atoms with Crippen molar-refractivity contribution in [3.05, 3.63) is 41.8 Å². The van der Waals surface area contributed by atoms with Gasteiger partial charge in [-0.3, -0.25) is 0 Å². The number of rotatable bonds is 1. The molecule has 1 aliphatic heterocycles. The second-order valence-electron chi connectivity index (χ2n) is 2.66. The molecule has 2 rings (SSSR count). The highest BCUT2D eigenvalue weighted by Gasteiger charge is 2.14. The van der Waals surface area contributed by atoms with Gasteiger partial charge in [0.25, 0.3) is 5.95 Å². The summed E-state index contributed by atoms with van der Waals surface area (Å²) in [4.78, 5) is 0. The third-order valence-electron chi connectivity index (χ3n) is 1.76. The van der Waals surface area contributed by atoms with Crippen molar-refractivity contribution in [1.29, 1.82) is 0 Å². The molecule has 0 N–H and O–H groups in total. The molecule has 0 unspecified atom stereocenters. The fourth-order valence-electron chi connectivity index (χ4n) is 1.14. The van der Waals surface area contributed by atoms with Crippen molar-refractivity contribution < 1.29 is 9.47 Å². The Hall–Kier alpha value is -1.15. The van der Waals surface area contributed by atoms with Crippen molar-refractivity contribution in [2.45, 2.75) is 0 Å². The zero-order chi connectivity index (χ0) is 9.10. The van der Waals surface area contributed by atoms with Crippen molar-refractivity contribution in [3.8, 4) is 0 Å². The van der Waals surface area contributed by atoms with Crippen molar-refractivity contribution in [2.75, 3.05) is 13.2 Å². The molecule has 13 heavy (non-hydrogen) atoms. The summed E-state index contributed by atoms with van der Waals surface area (Å²) >= 11 is 6.04. The maximum Gasteiger partial charge on any atom is 0.299 e. The molecule has 68 valence electrons. The Morgan fingerprint density at radius 3 is 2.31 bits per heavy atom. The van der Waals surface area contributed by atoms with Gasteiger partial charge in [-0.25, -0.2) is 0 Å². The highest BCUT2D eigenvalue weighted by molar-refractivity contribution is 6.48. The van der Waals surface area contributed by atoms with Crippen LogP contribution in [-0.2, 0) is 9.47 Å². The molecular formula is C10H9ClO2. The third kappa shape index (κ3) is 1.78. The second-order valence-corrected chi connectivity index (χ2v) is 3.04. The Balaban J connectivity index is 2.30. The SMILES string of the molecule is ClC(=C1OCCO1)c1ccccc1. The van der Waals surface area contributed by atoms with Gasteiger partial charge in [0.05, 0.1) is 0 Å². The quantitative estimate of drug-likeness (QED) is 0.688. The van der Waals surface area contributed by atoms with E-state index in [0.29, 0.717) is 24.2 Å². The Bertz CT molecular complexity index is 311. The van der Waals surface area contributed by atoms with Gasteiger partial charge in [-0.05, 0) is 0 Å². The molecule has 0 amide bonds. The van der Waals surface area contributed by atoms with Gasteiger partial charge in [-0.1, -0.05) is 41.9 Å². The largest absolute Gasteiger partial charge is 0.461 e. The molecule has 1 aliphatic rings. The van der Waals surface area contributed by atoms with Gasteiger partial charge in [-0.2, -0.15) is 0 Å². The molecule has 0 saturated carbocycles. The van der Waals surface area contributed by atoms with E-state index in [0.717, 1.165) is 5.56 Å². The Morgan fingerprint density at radius 1 is 1.08 bits per heavy atom. The molecule has 1 aromatic carbocycles. The molecule has 0 bridgehead atoms. The van der Waals surface area contributed by atoms with E-state index in [-0.39, 0.29) is 0 Å². The summed E-state index contributed by atoms with van der Waals surface area (Å²) in [6.45, 7) is 1.16.